The van der Waals surface area contributed by atoms with Crippen molar-refractivity contribution in [3.63, 3.8) is 0 Å². The van der Waals surface area contributed by atoms with Crippen molar-refractivity contribution in [2.24, 2.45) is 5.92 Å². The van der Waals surface area contributed by atoms with Gasteiger partial charge in [-0.05, 0) is 5.92 Å². The predicted octanol–water partition coefficient (Wildman–Crippen LogP) is 2.31. The molecule has 1 aliphatic heterocycles. The summed E-state index contributed by atoms with van der Waals surface area (Å²) in [5.74, 6) is 1.41. The van der Waals surface area contributed by atoms with Gasteiger partial charge in [0.1, 0.15) is 12.4 Å². The minimum absolute atomic E-state index is 0.0564. The number of hydrogen-bond donors (Lipinski definition) is 1. The molecule has 0 aliphatic carbocycles. The number of aromatic nitrogens is 2. The molecule has 0 unspecified atom stereocenters. The molecule has 0 bridgehead atoms. The van der Waals surface area contributed by atoms with Crippen LogP contribution in [0.2, 0.25) is 0 Å². The van der Waals surface area contributed by atoms with Gasteiger partial charge in [0, 0.05) is 38.2 Å². The molecule has 120 valence electrons. The van der Waals surface area contributed by atoms with Crippen molar-refractivity contribution in [1.82, 2.24) is 14.9 Å². The molecule has 0 spiro atoms. The average molecular weight is 305 g/mol. The number of hydrogen-bond acceptors (Lipinski definition) is 3. The predicted molar refractivity (Wildman–Crippen MR) is 73.1 cm³/mol. The summed E-state index contributed by atoms with van der Waals surface area (Å²) in [5, 5.41) is 3.27. The summed E-state index contributed by atoms with van der Waals surface area (Å²) in [5.41, 5.74) is 2.16. The summed E-state index contributed by atoms with van der Waals surface area (Å²) in [6.45, 7) is 5.12. The third-order valence-electron chi connectivity index (χ3n) is 3.38. The second-order valence-electron chi connectivity index (χ2n) is 5.77. The third-order valence-corrected chi connectivity index (χ3v) is 3.38. The van der Waals surface area contributed by atoms with Gasteiger partial charge in [-0.1, -0.05) is 13.8 Å². The van der Waals surface area contributed by atoms with Gasteiger partial charge in [-0.3, -0.25) is 0 Å². The van der Waals surface area contributed by atoms with Gasteiger partial charge in [-0.25, -0.2) is 4.98 Å². The Morgan fingerprint density at radius 1 is 1.38 bits per heavy atom. The largest absolute Gasteiger partial charge is 0.411 e. The lowest BCUT2D eigenvalue weighted by Gasteiger charge is -2.17. The Labute approximate surface area is 122 Å². The molecule has 2 rings (SSSR count). The topological polar surface area (TPSA) is 39.1 Å². The fourth-order valence-electron chi connectivity index (χ4n) is 2.56. The molecule has 1 N–H and O–H groups in total. The van der Waals surface area contributed by atoms with Gasteiger partial charge in [0.15, 0.2) is 0 Å². The molecule has 2 heterocycles. The molecule has 0 aromatic carbocycles. The first kappa shape index (κ1) is 16.3. The highest BCUT2D eigenvalue weighted by molar-refractivity contribution is 5.20. The molecular weight excluding hydrogens is 283 g/mol. The van der Waals surface area contributed by atoms with Crippen LogP contribution in [0.3, 0.4) is 0 Å². The highest BCUT2D eigenvalue weighted by Crippen LogP contribution is 2.19. The standard InChI is InChI=1S/C14H22F3N3O/c1-10(2)7-13-19-11-8-18-4-3-12(11)20(13)5-6-21-9-14(15,16)17/h10,18H,3-9H2,1-2H3. The number of fused-ring (bicyclic) bond motifs is 1. The minimum atomic E-state index is -4.26. The van der Waals surface area contributed by atoms with Crippen LogP contribution >= 0.6 is 0 Å². The molecular formula is C14H22F3N3O. The first-order valence-electron chi connectivity index (χ1n) is 7.29. The zero-order chi connectivity index (χ0) is 15.5. The van der Waals surface area contributed by atoms with Crippen molar-refractivity contribution >= 4 is 0 Å². The minimum Gasteiger partial charge on any atom is -0.370 e. The lowest BCUT2D eigenvalue weighted by atomic mass is 10.1. The molecule has 0 radical (unpaired) electrons. The number of imidazole rings is 1. The van der Waals surface area contributed by atoms with Crippen molar-refractivity contribution in [2.45, 2.75) is 46.0 Å². The van der Waals surface area contributed by atoms with Crippen molar-refractivity contribution in [3.05, 3.63) is 17.2 Å². The molecule has 21 heavy (non-hydrogen) atoms. The van der Waals surface area contributed by atoms with E-state index in [2.05, 4.69) is 24.1 Å². The molecule has 0 fully saturated rings. The molecule has 1 aliphatic rings. The second kappa shape index (κ2) is 6.79. The quantitative estimate of drug-likeness (QED) is 0.820. The van der Waals surface area contributed by atoms with Gasteiger partial charge in [0.25, 0.3) is 0 Å². The molecule has 1 aromatic rings. The number of alkyl halides is 3. The Morgan fingerprint density at radius 3 is 2.81 bits per heavy atom. The van der Waals surface area contributed by atoms with Gasteiger partial charge < -0.3 is 14.6 Å². The van der Waals surface area contributed by atoms with Gasteiger partial charge in [-0.15, -0.1) is 0 Å². The Hall–Kier alpha value is -1.08. The normalized spacial score (nSPS) is 15.5. The first-order chi connectivity index (χ1) is 9.87. The average Bonchev–Trinajstić information content (AvgIpc) is 2.70. The van der Waals surface area contributed by atoms with Crippen molar-refractivity contribution in [2.75, 3.05) is 19.8 Å². The van der Waals surface area contributed by atoms with Gasteiger partial charge in [0.05, 0.1) is 12.3 Å². The highest BCUT2D eigenvalue weighted by Gasteiger charge is 2.27. The summed E-state index contributed by atoms with van der Waals surface area (Å²) in [6.07, 6.45) is -2.58. The van der Waals surface area contributed by atoms with E-state index in [1.807, 2.05) is 4.57 Å². The Bertz CT molecular complexity index is 469. The van der Waals surface area contributed by atoms with Crippen LogP contribution in [0.1, 0.15) is 31.1 Å². The number of nitrogens with zero attached hydrogens (tertiary/aromatic N) is 2. The van der Waals surface area contributed by atoms with Crippen LogP contribution in [0.5, 0.6) is 0 Å². The van der Waals surface area contributed by atoms with Gasteiger partial charge >= 0.3 is 6.18 Å². The van der Waals surface area contributed by atoms with E-state index >= 15 is 0 Å². The van der Waals surface area contributed by atoms with E-state index in [1.54, 1.807) is 0 Å². The van der Waals surface area contributed by atoms with Gasteiger partial charge in [-0.2, -0.15) is 13.2 Å². The molecule has 4 nitrogen and oxygen atoms in total. The first-order valence-corrected chi connectivity index (χ1v) is 7.29. The fourth-order valence-corrected chi connectivity index (χ4v) is 2.56. The van der Waals surface area contributed by atoms with E-state index in [9.17, 15) is 13.2 Å². The van der Waals surface area contributed by atoms with Crippen LogP contribution in [0.25, 0.3) is 0 Å². The zero-order valence-corrected chi connectivity index (χ0v) is 12.5. The number of halogens is 3. The summed E-state index contributed by atoms with van der Waals surface area (Å²) < 4.78 is 43.1. The smallest absolute Gasteiger partial charge is 0.370 e. The van der Waals surface area contributed by atoms with Crippen molar-refractivity contribution in [1.29, 1.82) is 0 Å². The monoisotopic (exact) mass is 305 g/mol. The van der Waals surface area contributed by atoms with Crippen LogP contribution in [0.15, 0.2) is 0 Å². The maximum Gasteiger partial charge on any atom is 0.411 e. The lowest BCUT2D eigenvalue weighted by molar-refractivity contribution is -0.174. The third kappa shape index (κ3) is 4.71. The fraction of sp³-hybridized carbons (Fsp3) is 0.786. The molecule has 0 amide bonds. The Kier molecular flexibility index (Phi) is 5.27. The Morgan fingerprint density at radius 2 is 2.14 bits per heavy atom. The van der Waals surface area contributed by atoms with Crippen LogP contribution in [-0.4, -0.2) is 35.5 Å². The Balaban J connectivity index is 2.03. The van der Waals surface area contributed by atoms with E-state index in [-0.39, 0.29) is 6.61 Å². The van der Waals surface area contributed by atoms with Crippen molar-refractivity contribution in [3.8, 4) is 0 Å². The van der Waals surface area contributed by atoms with Crippen LogP contribution in [-0.2, 0) is 30.7 Å². The maximum atomic E-state index is 12.1. The van der Waals surface area contributed by atoms with E-state index in [4.69, 9.17) is 4.74 Å². The summed E-state index contributed by atoms with van der Waals surface area (Å²) in [6, 6.07) is 0. The number of nitrogens with one attached hydrogen (secondary N) is 1. The maximum absolute atomic E-state index is 12.1. The summed E-state index contributed by atoms with van der Waals surface area (Å²) in [4.78, 5) is 4.64. The van der Waals surface area contributed by atoms with Crippen LogP contribution in [0.4, 0.5) is 13.2 Å². The molecule has 0 saturated carbocycles. The van der Waals surface area contributed by atoms with E-state index in [0.717, 1.165) is 43.1 Å². The summed E-state index contributed by atoms with van der Waals surface area (Å²) >= 11 is 0. The summed E-state index contributed by atoms with van der Waals surface area (Å²) in [7, 11) is 0. The SMILES string of the molecule is CC(C)Cc1nc2c(n1CCOCC(F)(F)F)CCNC2. The second-order valence-corrected chi connectivity index (χ2v) is 5.77. The number of rotatable bonds is 6. The van der Waals surface area contributed by atoms with Crippen LogP contribution in [0, 0.1) is 5.92 Å². The van der Waals surface area contributed by atoms with E-state index < -0.39 is 12.8 Å². The van der Waals surface area contributed by atoms with Crippen molar-refractivity contribution < 1.29 is 17.9 Å². The molecule has 7 heteroatoms. The van der Waals surface area contributed by atoms with Crippen LogP contribution < -0.4 is 5.32 Å². The van der Waals surface area contributed by atoms with Gasteiger partial charge in [0.2, 0.25) is 0 Å². The number of ether oxygens (including phenoxy) is 1. The molecule has 1 aromatic heterocycles. The lowest BCUT2D eigenvalue weighted by Crippen LogP contribution is -2.26. The van der Waals surface area contributed by atoms with E-state index in [0.29, 0.717) is 12.5 Å². The zero-order valence-electron chi connectivity index (χ0n) is 12.5. The van der Waals surface area contributed by atoms with E-state index in [1.165, 1.54) is 0 Å². The highest BCUT2D eigenvalue weighted by atomic mass is 19.4. The molecule has 0 saturated heterocycles. The molecule has 0 atom stereocenters.